The largest absolute Gasteiger partial charge is 1.00 e. The minimum absolute atomic E-state index is 0. The van der Waals surface area contributed by atoms with Crippen LogP contribution in [0.2, 0.25) is 0 Å². The zero-order valence-corrected chi connectivity index (χ0v) is 21.3. The van der Waals surface area contributed by atoms with Gasteiger partial charge in [-0.15, -0.1) is 0 Å². The molecule has 0 spiro atoms. The average molecular weight is 464 g/mol. The van der Waals surface area contributed by atoms with Gasteiger partial charge in [-0.2, -0.15) is 0 Å². The number of carbonyl (C=O) groups is 4. The smallest absolute Gasteiger partial charge is 0.625 e. The summed E-state index contributed by atoms with van der Waals surface area (Å²) in [6.07, 6.45) is 0.917. The number of fused-ring (bicyclic) bond motifs is 1. The molecule has 0 atom stereocenters. The monoisotopic (exact) mass is 464 g/mol. The van der Waals surface area contributed by atoms with Crippen LogP contribution < -0.4 is 40.2 Å². The Morgan fingerprint density at radius 3 is 2.06 bits per heavy atom. The summed E-state index contributed by atoms with van der Waals surface area (Å²) in [5.74, 6) is -2.00. The second-order valence-electron chi connectivity index (χ2n) is 6.98. The van der Waals surface area contributed by atoms with Crippen molar-refractivity contribution in [2.75, 3.05) is 11.9 Å². The van der Waals surface area contributed by atoms with E-state index in [1.54, 1.807) is 0 Å². The molecule has 2 aromatic carbocycles. The number of hydrogen-bond donors (Lipinski definition) is 2. The number of amides is 1. The molecule has 0 radical (unpaired) electrons. The number of nitrogens with one attached hydrogen (secondary N) is 2. The first kappa shape index (κ1) is 28.2. The molecule has 0 fully saturated rings. The van der Waals surface area contributed by atoms with Crippen LogP contribution in [0.1, 0.15) is 42.3 Å². The Balaban J connectivity index is 0.000000346. The minimum atomic E-state index is -2.41. The summed E-state index contributed by atoms with van der Waals surface area (Å²) in [5.41, 5.74) is 4.14. The van der Waals surface area contributed by atoms with Crippen LogP contribution in [0.5, 0.6) is 0 Å². The summed E-state index contributed by atoms with van der Waals surface area (Å²) in [6, 6.07) is 16.2. The second-order valence-corrected chi connectivity index (χ2v) is 6.98. The van der Waals surface area contributed by atoms with Crippen molar-refractivity contribution >= 4 is 36.8 Å². The molecule has 1 aliphatic heterocycles. The van der Waals surface area contributed by atoms with Gasteiger partial charge in [0.25, 0.3) is 23.8 Å². The topological polar surface area (TPSA) is 120 Å². The molecule has 33 heavy (non-hydrogen) atoms. The van der Waals surface area contributed by atoms with Crippen molar-refractivity contribution in [1.82, 2.24) is 5.32 Å². The summed E-state index contributed by atoms with van der Waals surface area (Å²) in [5, 5.41) is 6.22. The van der Waals surface area contributed by atoms with E-state index in [0.717, 1.165) is 57.1 Å². The Hall–Kier alpha value is -2.82. The van der Waals surface area contributed by atoms with Crippen LogP contribution in [0.3, 0.4) is 0 Å². The van der Waals surface area contributed by atoms with Gasteiger partial charge in [-0.25, -0.2) is 0 Å². The van der Waals surface area contributed by atoms with Crippen LogP contribution in [-0.4, -0.2) is 37.7 Å². The fourth-order valence-electron chi connectivity index (χ4n) is 2.91. The van der Waals surface area contributed by atoms with Crippen molar-refractivity contribution < 1.29 is 62.7 Å². The Kier molecular flexibility index (Phi) is 12.3. The van der Waals surface area contributed by atoms with Crippen molar-refractivity contribution in [1.29, 1.82) is 0 Å². The quantitative estimate of drug-likeness (QED) is 0.522. The third-order valence-corrected chi connectivity index (χ3v) is 4.34. The first-order chi connectivity index (χ1) is 15.2. The number of carbonyl (C=O) groups excluding carboxylic acids is 4. The molecule has 9 nitrogen and oxygen atoms in total. The molecule has 0 saturated heterocycles. The van der Waals surface area contributed by atoms with E-state index in [0.29, 0.717) is 0 Å². The van der Waals surface area contributed by atoms with Gasteiger partial charge < -0.3 is 24.6 Å². The zero-order chi connectivity index (χ0) is 23.5. The third-order valence-electron chi connectivity index (χ3n) is 4.34. The van der Waals surface area contributed by atoms with Gasteiger partial charge in [-0.3, -0.25) is 19.2 Å². The summed E-state index contributed by atoms with van der Waals surface area (Å²) in [7, 11) is -2.41. The van der Waals surface area contributed by atoms with E-state index in [2.05, 4.69) is 36.7 Å². The first-order valence-corrected chi connectivity index (χ1v) is 10.1. The first-order valence-electron chi connectivity index (χ1n) is 10.1. The van der Waals surface area contributed by atoms with Gasteiger partial charge >= 0.3 is 36.9 Å². The molecule has 1 aliphatic rings. The van der Waals surface area contributed by atoms with Crippen LogP contribution in [-0.2, 0) is 41.3 Å². The molecular formula is C22H26BN2NaO7. The van der Waals surface area contributed by atoms with Crippen molar-refractivity contribution in [2.45, 2.75) is 33.7 Å². The van der Waals surface area contributed by atoms with Gasteiger partial charge in [0.05, 0.1) is 0 Å². The molecule has 2 aromatic rings. The van der Waals surface area contributed by atoms with Gasteiger partial charge in [-0.05, 0) is 29.7 Å². The minimum Gasteiger partial charge on any atom is -0.625 e. The molecule has 3 rings (SSSR count). The average Bonchev–Trinajstić information content (AvgIpc) is 2.72. The van der Waals surface area contributed by atoms with Crippen LogP contribution >= 0.6 is 0 Å². The van der Waals surface area contributed by atoms with E-state index >= 15 is 0 Å². The van der Waals surface area contributed by atoms with Crippen molar-refractivity contribution in [2.24, 2.45) is 0 Å². The Labute approximate surface area is 215 Å². The van der Waals surface area contributed by atoms with E-state index < -0.39 is 25.2 Å². The summed E-state index contributed by atoms with van der Waals surface area (Å²) in [6.45, 7) is 4.86. The van der Waals surface area contributed by atoms with Gasteiger partial charge in [0, 0.05) is 45.1 Å². The maximum atomic E-state index is 11.8. The van der Waals surface area contributed by atoms with Crippen molar-refractivity contribution in [3.8, 4) is 0 Å². The molecule has 1 heterocycles. The predicted octanol–water partition coefficient (Wildman–Crippen LogP) is -1.02. The van der Waals surface area contributed by atoms with E-state index in [-0.39, 0.29) is 35.5 Å². The standard InChI is InChI=1S/C16H16N2O.C6H10BO6.Na/c19-16-15-10-14(7-6-13(15)8-9-17-16)18-11-12-4-2-1-3-5-12;1-4(8)11-7(12-5(2)9)13-6(3)10;/h1-7,10,18H,8-9,11H2,(H,17,19);7H,1-3H3;/q;-1;+1. The molecule has 0 unspecified atom stereocenters. The summed E-state index contributed by atoms with van der Waals surface area (Å²) in [4.78, 5) is 43.1. The molecule has 170 valence electrons. The number of hydrogen-bond acceptors (Lipinski definition) is 8. The maximum absolute atomic E-state index is 11.8. The molecule has 0 bridgehead atoms. The van der Waals surface area contributed by atoms with E-state index in [1.807, 2.05) is 36.4 Å². The van der Waals surface area contributed by atoms with Gasteiger partial charge in [0.2, 0.25) is 0 Å². The van der Waals surface area contributed by atoms with Gasteiger partial charge in [-0.1, -0.05) is 36.4 Å². The van der Waals surface area contributed by atoms with E-state index in [4.69, 9.17) is 0 Å². The number of benzene rings is 2. The second kappa shape index (κ2) is 14.4. The summed E-state index contributed by atoms with van der Waals surface area (Å²) >= 11 is 0. The molecule has 1 amide bonds. The van der Waals surface area contributed by atoms with Crippen LogP contribution in [0.25, 0.3) is 0 Å². The normalized spacial score (nSPS) is 11.5. The Morgan fingerprint density at radius 2 is 1.52 bits per heavy atom. The predicted molar refractivity (Wildman–Crippen MR) is 119 cm³/mol. The molecule has 0 aromatic heterocycles. The maximum Gasteiger partial charge on any atom is 1.00 e. The van der Waals surface area contributed by atoms with Crippen molar-refractivity contribution in [3.63, 3.8) is 0 Å². The summed E-state index contributed by atoms with van der Waals surface area (Å²) < 4.78 is 13.3. The molecular weight excluding hydrogens is 438 g/mol. The fourth-order valence-corrected chi connectivity index (χ4v) is 2.91. The molecule has 2 N–H and O–H groups in total. The number of rotatable bonds is 6. The van der Waals surface area contributed by atoms with Gasteiger partial charge in [0.15, 0.2) is 0 Å². The zero-order valence-electron chi connectivity index (χ0n) is 19.3. The molecule has 0 aliphatic carbocycles. The van der Waals surface area contributed by atoms with Crippen LogP contribution in [0, 0.1) is 0 Å². The van der Waals surface area contributed by atoms with Gasteiger partial charge in [0.1, 0.15) is 0 Å². The Morgan fingerprint density at radius 1 is 0.939 bits per heavy atom. The van der Waals surface area contributed by atoms with Crippen molar-refractivity contribution in [3.05, 3.63) is 65.2 Å². The van der Waals surface area contributed by atoms with E-state index in [1.165, 1.54) is 5.56 Å². The Bertz CT molecular complexity index is 934. The van der Waals surface area contributed by atoms with Crippen LogP contribution in [0.4, 0.5) is 5.69 Å². The molecule has 11 heteroatoms. The van der Waals surface area contributed by atoms with Crippen LogP contribution in [0.15, 0.2) is 48.5 Å². The SMILES string of the molecule is CC(=O)O[BH-](OC(C)=O)OC(C)=O.O=C1NCCc2ccc(NCc3ccccc3)cc21.[Na+]. The fraction of sp³-hybridized carbons (Fsp3) is 0.273. The number of anilines is 1. The molecule has 0 saturated carbocycles. The van der Waals surface area contributed by atoms with E-state index in [9.17, 15) is 19.2 Å². The third kappa shape index (κ3) is 10.6.